The summed E-state index contributed by atoms with van der Waals surface area (Å²) in [6.45, 7) is 7.01. The van der Waals surface area contributed by atoms with E-state index >= 15 is 0 Å². The van der Waals surface area contributed by atoms with Crippen molar-refractivity contribution in [3.8, 4) is 0 Å². The molecule has 6 nitrogen and oxygen atoms in total. The number of amides is 1. The first-order valence-corrected chi connectivity index (χ1v) is 6.76. The highest BCUT2D eigenvalue weighted by Gasteiger charge is 2.24. The average molecular weight is 279 g/mol. The fourth-order valence-corrected chi connectivity index (χ4v) is 1.72. The number of carbonyl (C=O) groups is 1. The smallest absolute Gasteiger partial charge is 0.305 e. The Morgan fingerprint density at radius 1 is 1.40 bits per heavy atom. The molecule has 0 atom stereocenters. The van der Waals surface area contributed by atoms with Gasteiger partial charge < -0.3 is 10.6 Å². The summed E-state index contributed by atoms with van der Waals surface area (Å²) < 4.78 is 0. The first kappa shape index (κ1) is 15.9. The predicted octanol–water partition coefficient (Wildman–Crippen LogP) is 2.80. The second kappa shape index (κ2) is 7.47. The van der Waals surface area contributed by atoms with E-state index in [2.05, 4.69) is 10.6 Å². The Bertz CT molecular complexity index is 487. The molecule has 110 valence electrons. The van der Waals surface area contributed by atoms with Gasteiger partial charge in [-0.1, -0.05) is 26.8 Å². The van der Waals surface area contributed by atoms with Gasteiger partial charge in [-0.2, -0.15) is 0 Å². The van der Waals surface area contributed by atoms with Gasteiger partial charge in [-0.3, -0.25) is 14.9 Å². The highest BCUT2D eigenvalue weighted by Crippen LogP contribution is 2.28. The Hall–Kier alpha value is -2.11. The van der Waals surface area contributed by atoms with Crippen molar-refractivity contribution in [3.05, 3.63) is 33.9 Å². The van der Waals surface area contributed by atoms with Crippen molar-refractivity contribution in [1.29, 1.82) is 0 Å². The molecule has 0 unspecified atom stereocenters. The van der Waals surface area contributed by atoms with E-state index in [4.69, 9.17) is 0 Å². The Labute approximate surface area is 118 Å². The third kappa shape index (κ3) is 4.22. The maximum atomic E-state index is 12.1. The normalized spacial score (nSPS) is 10.4. The minimum absolute atomic E-state index is 0.0942. The number of hydrogen-bond donors (Lipinski definition) is 2. The minimum Gasteiger partial charge on any atom is -0.379 e. The van der Waals surface area contributed by atoms with Gasteiger partial charge in [-0.15, -0.1) is 0 Å². The van der Waals surface area contributed by atoms with Crippen LogP contribution in [0.1, 0.15) is 37.6 Å². The van der Waals surface area contributed by atoms with Crippen molar-refractivity contribution >= 4 is 17.3 Å². The van der Waals surface area contributed by atoms with Gasteiger partial charge in [-0.05, 0) is 24.5 Å². The topological polar surface area (TPSA) is 84.3 Å². The molecule has 0 aromatic heterocycles. The zero-order valence-electron chi connectivity index (χ0n) is 12.1. The molecule has 0 aliphatic heterocycles. The van der Waals surface area contributed by atoms with Crippen LogP contribution in [0.3, 0.4) is 0 Å². The van der Waals surface area contributed by atoms with E-state index in [-0.39, 0.29) is 11.3 Å². The van der Waals surface area contributed by atoms with Crippen LogP contribution in [0.15, 0.2) is 18.2 Å². The fourth-order valence-electron chi connectivity index (χ4n) is 1.72. The van der Waals surface area contributed by atoms with Crippen LogP contribution in [-0.4, -0.2) is 23.9 Å². The molecule has 0 bridgehead atoms. The zero-order valence-corrected chi connectivity index (χ0v) is 12.1. The van der Waals surface area contributed by atoms with Crippen LogP contribution in [0.4, 0.5) is 11.4 Å². The second-order valence-electron chi connectivity index (χ2n) is 4.99. The maximum Gasteiger partial charge on any atom is 0.305 e. The molecular formula is C14H21N3O3. The second-order valence-corrected chi connectivity index (χ2v) is 4.99. The van der Waals surface area contributed by atoms with Crippen LogP contribution in [0.5, 0.6) is 0 Å². The molecule has 0 aliphatic carbocycles. The predicted molar refractivity (Wildman–Crippen MR) is 79.0 cm³/mol. The van der Waals surface area contributed by atoms with Crippen molar-refractivity contribution in [2.75, 3.05) is 18.4 Å². The first-order valence-electron chi connectivity index (χ1n) is 6.76. The van der Waals surface area contributed by atoms with Crippen molar-refractivity contribution in [2.24, 2.45) is 5.92 Å². The van der Waals surface area contributed by atoms with Crippen LogP contribution in [0.2, 0.25) is 0 Å². The molecule has 20 heavy (non-hydrogen) atoms. The molecule has 0 fully saturated rings. The molecule has 0 spiro atoms. The number of anilines is 1. The van der Waals surface area contributed by atoms with E-state index in [9.17, 15) is 14.9 Å². The van der Waals surface area contributed by atoms with Crippen LogP contribution >= 0.6 is 0 Å². The van der Waals surface area contributed by atoms with E-state index in [0.29, 0.717) is 24.7 Å². The van der Waals surface area contributed by atoms with Crippen molar-refractivity contribution < 1.29 is 9.72 Å². The molecule has 0 heterocycles. The minimum atomic E-state index is -0.512. The van der Waals surface area contributed by atoms with Gasteiger partial charge in [0, 0.05) is 13.1 Å². The Kier molecular flexibility index (Phi) is 5.96. The van der Waals surface area contributed by atoms with Crippen LogP contribution in [0, 0.1) is 16.0 Å². The summed E-state index contributed by atoms with van der Waals surface area (Å²) in [4.78, 5) is 22.8. The Morgan fingerprint density at radius 3 is 2.65 bits per heavy atom. The van der Waals surface area contributed by atoms with E-state index in [1.807, 2.05) is 20.8 Å². The largest absolute Gasteiger partial charge is 0.379 e. The summed E-state index contributed by atoms with van der Waals surface area (Å²) in [5.74, 6) is -0.120. The van der Waals surface area contributed by atoms with Gasteiger partial charge in [-0.25, -0.2) is 0 Å². The molecule has 0 aliphatic rings. The van der Waals surface area contributed by atoms with E-state index in [1.165, 1.54) is 6.07 Å². The van der Waals surface area contributed by atoms with Crippen LogP contribution in [0.25, 0.3) is 0 Å². The number of benzene rings is 1. The maximum absolute atomic E-state index is 12.1. The number of nitrogens with one attached hydrogen (secondary N) is 2. The zero-order chi connectivity index (χ0) is 15.1. The molecule has 1 amide bonds. The summed E-state index contributed by atoms with van der Waals surface area (Å²) in [5, 5.41) is 16.9. The number of nitrogens with zero attached hydrogens (tertiary/aromatic N) is 1. The monoisotopic (exact) mass is 279 g/mol. The van der Waals surface area contributed by atoms with E-state index < -0.39 is 10.8 Å². The molecule has 0 radical (unpaired) electrons. The summed E-state index contributed by atoms with van der Waals surface area (Å²) in [6.07, 6.45) is 0.848. The SMILES string of the molecule is CCCNc1cccc(C(=O)NCC(C)C)c1[N+](=O)[O-]. The van der Waals surface area contributed by atoms with Crippen molar-refractivity contribution in [3.63, 3.8) is 0 Å². The molecular weight excluding hydrogens is 258 g/mol. The lowest BCUT2D eigenvalue weighted by Gasteiger charge is -2.11. The quantitative estimate of drug-likeness (QED) is 0.593. The lowest BCUT2D eigenvalue weighted by atomic mass is 10.1. The van der Waals surface area contributed by atoms with Gasteiger partial charge >= 0.3 is 5.69 Å². The van der Waals surface area contributed by atoms with E-state index in [1.54, 1.807) is 12.1 Å². The number of nitro benzene ring substituents is 1. The van der Waals surface area contributed by atoms with Crippen molar-refractivity contribution in [1.82, 2.24) is 5.32 Å². The van der Waals surface area contributed by atoms with Gasteiger partial charge in [0.2, 0.25) is 0 Å². The van der Waals surface area contributed by atoms with Crippen molar-refractivity contribution in [2.45, 2.75) is 27.2 Å². The molecule has 2 N–H and O–H groups in total. The highest BCUT2D eigenvalue weighted by molar-refractivity contribution is 6.00. The molecule has 0 saturated heterocycles. The standard InChI is InChI=1S/C14H21N3O3/c1-4-8-15-12-7-5-6-11(13(12)17(19)20)14(18)16-9-10(2)3/h5-7,10,15H,4,8-9H2,1-3H3,(H,16,18). The number of carbonyl (C=O) groups excluding carboxylic acids is 1. The third-order valence-corrected chi connectivity index (χ3v) is 2.70. The third-order valence-electron chi connectivity index (χ3n) is 2.70. The summed E-state index contributed by atoms with van der Waals surface area (Å²) in [7, 11) is 0. The Morgan fingerprint density at radius 2 is 2.10 bits per heavy atom. The van der Waals surface area contributed by atoms with E-state index in [0.717, 1.165) is 6.42 Å². The van der Waals surface area contributed by atoms with Gasteiger partial charge in [0.25, 0.3) is 5.91 Å². The first-order chi connectivity index (χ1) is 9.47. The van der Waals surface area contributed by atoms with Crippen LogP contribution in [-0.2, 0) is 0 Å². The number of nitro groups is 1. The summed E-state index contributed by atoms with van der Waals surface area (Å²) in [6, 6.07) is 4.74. The molecule has 0 saturated carbocycles. The Balaban J connectivity index is 3.05. The van der Waals surface area contributed by atoms with Gasteiger partial charge in [0.1, 0.15) is 11.3 Å². The summed E-state index contributed by atoms with van der Waals surface area (Å²) in [5.41, 5.74) is 0.313. The average Bonchev–Trinajstić information content (AvgIpc) is 2.41. The van der Waals surface area contributed by atoms with Gasteiger partial charge in [0.05, 0.1) is 4.92 Å². The number of hydrogen-bond acceptors (Lipinski definition) is 4. The molecule has 1 aromatic rings. The summed E-state index contributed by atoms with van der Waals surface area (Å²) >= 11 is 0. The highest BCUT2D eigenvalue weighted by atomic mass is 16.6. The molecule has 6 heteroatoms. The fraction of sp³-hybridized carbons (Fsp3) is 0.500. The lowest BCUT2D eigenvalue weighted by Crippen LogP contribution is -2.28. The van der Waals surface area contributed by atoms with Gasteiger partial charge in [0.15, 0.2) is 0 Å². The molecule has 1 rings (SSSR count). The van der Waals surface area contributed by atoms with Crippen LogP contribution < -0.4 is 10.6 Å². The molecule has 1 aromatic carbocycles. The lowest BCUT2D eigenvalue weighted by molar-refractivity contribution is -0.384. The number of para-hydroxylation sites is 1. The number of rotatable bonds is 7.